The summed E-state index contributed by atoms with van der Waals surface area (Å²) in [6, 6.07) is 13.6. The molecule has 3 N–H and O–H groups in total. The van der Waals surface area contributed by atoms with Crippen LogP contribution in [-0.2, 0) is 4.79 Å². The van der Waals surface area contributed by atoms with E-state index >= 15 is 0 Å². The predicted octanol–water partition coefficient (Wildman–Crippen LogP) is 3.72. The SMILES string of the molecule is COc1cccc([C@H]2NC(=O)NC(C)=C2C(=O)Nc2ccc(Br)cc2)c1. The number of benzene rings is 2. The van der Waals surface area contributed by atoms with Crippen molar-refractivity contribution in [2.45, 2.75) is 13.0 Å². The lowest BCUT2D eigenvalue weighted by molar-refractivity contribution is -0.113. The van der Waals surface area contributed by atoms with E-state index in [1.165, 1.54) is 0 Å². The van der Waals surface area contributed by atoms with Crippen molar-refractivity contribution >= 4 is 33.6 Å². The molecule has 7 heteroatoms. The molecule has 0 fully saturated rings. The molecule has 3 rings (SSSR count). The van der Waals surface area contributed by atoms with Gasteiger partial charge in [-0.15, -0.1) is 0 Å². The zero-order valence-corrected chi connectivity index (χ0v) is 15.9. The Balaban J connectivity index is 1.94. The minimum Gasteiger partial charge on any atom is -0.497 e. The fourth-order valence-electron chi connectivity index (χ4n) is 2.80. The lowest BCUT2D eigenvalue weighted by Crippen LogP contribution is -2.45. The zero-order chi connectivity index (χ0) is 18.7. The number of rotatable bonds is 4. The van der Waals surface area contributed by atoms with Gasteiger partial charge in [-0.1, -0.05) is 28.1 Å². The first kappa shape index (κ1) is 18.0. The highest BCUT2D eigenvalue weighted by Crippen LogP contribution is 2.29. The zero-order valence-electron chi connectivity index (χ0n) is 14.3. The van der Waals surface area contributed by atoms with Gasteiger partial charge in [0.25, 0.3) is 5.91 Å². The molecule has 1 aliphatic rings. The number of methoxy groups -OCH3 is 1. The molecule has 2 aromatic carbocycles. The monoisotopic (exact) mass is 415 g/mol. The van der Waals surface area contributed by atoms with Crippen LogP contribution < -0.4 is 20.7 Å². The molecule has 3 amide bonds. The van der Waals surface area contributed by atoms with Crippen LogP contribution in [0.3, 0.4) is 0 Å². The minimum absolute atomic E-state index is 0.287. The van der Waals surface area contributed by atoms with Gasteiger partial charge < -0.3 is 20.7 Å². The molecule has 0 radical (unpaired) electrons. The first-order valence-corrected chi connectivity index (χ1v) is 8.76. The molecule has 6 nitrogen and oxygen atoms in total. The van der Waals surface area contributed by atoms with E-state index < -0.39 is 6.04 Å². The van der Waals surface area contributed by atoms with Crippen LogP contribution in [0.1, 0.15) is 18.5 Å². The van der Waals surface area contributed by atoms with Gasteiger partial charge >= 0.3 is 6.03 Å². The number of hydrogen-bond donors (Lipinski definition) is 3. The molecule has 1 atom stereocenters. The summed E-state index contributed by atoms with van der Waals surface area (Å²) in [5.41, 5.74) is 2.39. The molecule has 1 heterocycles. The molecule has 134 valence electrons. The van der Waals surface area contributed by atoms with Crippen molar-refractivity contribution in [3.05, 3.63) is 69.8 Å². The molecule has 26 heavy (non-hydrogen) atoms. The van der Waals surface area contributed by atoms with Crippen molar-refractivity contribution in [2.75, 3.05) is 12.4 Å². The van der Waals surface area contributed by atoms with E-state index in [-0.39, 0.29) is 11.9 Å². The van der Waals surface area contributed by atoms with E-state index in [0.717, 1.165) is 10.0 Å². The molecule has 0 unspecified atom stereocenters. The van der Waals surface area contributed by atoms with Crippen molar-refractivity contribution < 1.29 is 14.3 Å². The van der Waals surface area contributed by atoms with E-state index in [1.54, 1.807) is 32.2 Å². The lowest BCUT2D eigenvalue weighted by Gasteiger charge is -2.28. The van der Waals surface area contributed by atoms with Crippen LogP contribution in [0.5, 0.6) is 5.75 Å². The fourth-order valence-corrected chi connectivity index (χ4v) is 3.06. The van der Waals surface area contributed by atoms with Crippen molar-refractivity contribution in [3.63, 3.8) is 0 Å². The summed E-state index contributed by atoms with van der Waals surface area (Å²) >= 11 is 3.37. The summed E-state index contributed by atoms with van der Waals surface area (Å²) in [6.07, 6.45) is 0. The highest BCUT2D eigenvalue weighted by Gasteiger charge is 2.31. The fraction of sp³-hybridized carbons (Fsp3) is 0.158. The number of carbonyl (C=O) groups is 2. The van der Waals surface area contributed by atoms with Gasteiger partial charge in [-0.2, -0.15) is 0 Å². The van der Waals surface area contributed by atoms with Gasteiger partial charge in [0.05, 0.1) is 18.7 Å². The van der Waals surface area contributed by atoms with Gasteiger partial charge in [0, 0.05) is 15.9 Å². The van der Waals surface area contributed by atoms with Crippen LogP contribution in [0.25, 0.3) is 0 Å². The quantitative estimate of drug-likeness (QED) is 0.711. The smallest absolute Gasteiger partial charge is 0.319 e. The Kier molecular flexibility index (Phi) is 5.27. The first-order chi connectivity index (χ1) is 12.5. The van der Waals surface area contributed by atoms with Crippen molar-refractivity contribution in [1.82, 2.24) is 10.6 Å². The third-order valence-electron chi connectivity index (χ3n) is 4.04. The first-order valence-electron chi connectivity index (χ1n) is 7.97. The molecular formula is C19H18BrN3O3. The van der Waals surface area contributed by atoms with Crippen LogP contribution in [0, 0.1) is 0 Å². The van der Waals surface area contributed by atoms with Gasteiger partial charge in [-0.25, -0.2) is 4.79 Å². The molecule has 1 aliphatic heterocycles. The average Bonchev–Trinajstić information content (AvgIpc) is 2.63. The summed E-state index contributed by atoms with van der Waals surface area (Å²) in [5, 5.41) is 8.34. The minimum atomic E-state index is -0.575. The number of allylic oxidation sites excluding steroid dienone is 1. The Labute approximate surface area is 159 Å². The van der Waals surface area contributed by atoms with Gasteiger partial charge in [0.1, 0.15) is 5.75 Å². The number of nitrogens with one attached hydrogen (secondary N) is 3. The Bertz CT molecular complexity index is 878. The standard InChI is InChI=1S/C19H18BrN3O3/c1-11-16(18(24)22-14-8-6-13(20)7-9-14)17(23-19(25)21-11)12-4-3-5-15(10-12)26-2/h3-10,17H,1-2H3,(H,22,24)(H2,21,23,25)/t17-/m1/s1. The number of amides is 3. The third kappa shape index (κ3) is 3.88. The Hall–Kier alpha value is -2.80. The summed E-state index contributed by atoms with van der Waals surface area (Å²) in [4.78, 5) is 24.9. The molecule has 0 spiro atoms. The second kappa shape index (κ2) is 7.61. The van der Waals surface area contributed by atoms with Gasteiger partial charge in [0.2, 0.25) is 0 Å². The van der Waals surface area contributed by atoms with E-state index in [1.807, 2.05) is 30.3 Å². The number of ether oxygens (including phenoxy) is 1. The summed E-state index contributed by atoms with van der Waals surface area (Å²) in [6.45, 7) is 1.71. The summed E-state index contributed by atoms with van der Waals surface area (Å²) in [7, 11) is 1.57. The Morgan fingerprint density at radius 2 is 1.92 bits per heavy atom. The van der Waals surface area contributed by atoms with Gasteiger partial charge in [0.15, 0.2) is 0 Å². The maximum Gasteiger partial charge on any atom is 0.319 e. The van der Waals surface area contributed by atoms with Crippen LogP contribution in [-0.4, -0.2) is 19.0 Å². The number of hydrogen-bond acceptors (Lipinski definition) is 3. The molecule has 0 bridgehead atoms. The van der Waals surface area contributed by atoms with E-state index in [4.69, 9.17) is 4.74 Å². The predicted molar refractivity (Wildman–Crippen MR) is 103 cm³/mol. The topological polar surface area (TPSA) is 79.5 Å². The van der Waals surface area contributed by atoms with Crippen LogP contribution in [0.15, 0.2) is 64.3 Å². The third-order valence-corrected chi connectivity index (χ3v) is 4.57. The number of anilines is 1. The molecule has 0 aliphatic carbocycles. The van der Waals surface area contributed by atoms with Gasteiger partial charge in [-0.3, -0.25) is 4.79 Å². The number of carbonyl (C=O) groups excluding carboxylic acids is 2. The molecular weight excluding hydrogens is 398 g/mol. The van der Waals surface area contributed by atoms with Gasteiger partial charge in [-0.05, 0) is 48.9 Å². The van der Waals surface area contributed by atoms with Crippen molar-refractivity contribution in [1.29, 1.82) is 0 Å². The molecule has 0 aromatic heterocycles. The maximum atomic E-state index is 12.9. The summed E-state index contributed by atoms with van der Waals surface area (Å²) < 4.78 is 6.18. The normalized spacial score (nSPS) is 16.6. The maximum absolute atomic E-state index is 12.9. The highest BCUT2D eigenvalue weighted by atomic mass is 79.9. The van der Waals surface area contributed by atoms with Crippen LogP contribution in [0.2, 0.25) is 0 Å². The van der Waals surface area contributed by atoms with Crippen molar-refractivity contribution in [2.24, 2.45) is 0 Å². The largest absolute Gasteiger partial charge is 0.497 e. The van der Waals surface area contributed by atoms with Crippen LogP contribution >= 0.6 is 15.9 Å². The second-order valence-electron chi connectivity index (χ2n) is 5.81. The van der Waals surface area contributed by atoms with E-state index in [2.05, 4.69) is 31.9 Å². The van der Waals surface area contributed by atoms with Crippen molar-refractivity contribution in [3.8, 4) is 5.75 Å². The molecule has 0 saturated carbocycles. The second-order valence-corrected chi connectivity index (χ2v) is 6.72. The van der Waals surface area contributed by atoms with Crippen LogP contribution in [0.4, 0.5) is 10.5 Å². The summed E-state index contributed by atoms with van der Waals surface area (Å²) in [5.74, 6) is 0.366. The molecule has 2 aromatic rings. The van der Waals surface area contributed by atoms with E-state index in [0.29, 0.717) is 22.7 Å². The highest BCUT2D eigenvalue weighted by molar-refractivity contribution is 9.10. The van der Waals surface area contributed by atoms with E-state index in [9.17, 15) is 9.59 Å². The molecule has 0 saturated heterocycles. The number of urea groups is 1. The average molecular weight is 416 g/mol. The Morgan fingerprint density at radius 3 is 2.62 bits per heavy atom. The Morgan fingerprint density at radius 1 is 1.19 bits per heavy atom. The number of halogens is 1. The lowest BCUT2D eigenvalue weighted by atomic mass is 9.94.